The molecule has 5 rings (SSSR count). The first-order valence-electron chi connectivity index (χ1n) is 8.74. The van der Waals surface area contributed by atoms with Gasteiger partial charge in [0.05, 0.1) is 12.4 Å². The number of aromatic nitrogens is 4. The lowest BCUT2D eigenvalue weighted by atomic mass is 9.79. The normalized spacial score (nSPS) is 29.5. The summed E-state index contributed by atoms with van der Waals surface area (Å²) in [6, 6.07) is 0. The number of nitrogen functional groups attached to an aromatic ring is 1. The number of fused-ring (bicyclic) bond motifs is 1. The van der Waals surface area contributed by atoms with Crippen molar-refractivity contribution in [2.24, 2.45) is 5.41 Å². The molecule has 3 aliphatic heterocycles. The van der Waals surface area contributed by atoms with Gasteiger partial charge >= 0.3 is 0 Å². The lowest BCUT2D eigenvalue weighted by Crippen LogP contribution is -2.58. The first-order valence-corrected chi connectivity index (χ1v) is 8.74. The van der Waals surface area contributed by atoms with Crippen molar-refractivity contribution in [3.8, 4) is 0 Å². The Balaban J connectivity index is 1.23. The van der Waals surface area contributed by atoms with Gasteiger partial charge in [0.2, 0.25) is 0 Å². The van der Waals surface area contributed by atoms with Crippen molar-refractivity contribution >= 4 is 17.0 Å². The summed E-state index contributed by atoms with van der Waals surface area (Å²) in [5.74, 6) is 0.421. The number of nitrogens with one attached hydrogen (secondary N) is 1. The number of anilines is 1. The van der Waals surface area contributed by atoms with Gasteiger partial charge in [-0.2, -0.15) is 0 Å². The van der Waals surface area contributed by atoms with E-state index in [4.69, 9.17) is 10.5 Å². The van der Waals surface area contributed by atoms with Crippen LogP contribution in [0.4, 0.5) is 5.82 Å². The number of nitrogens with two attached hydrogens (primary N) is 1. The van der Waals surface area contributed by atoms with E-state index in [0.717, 1.165) is 25.0 Å². The van der Waals surface area contributed by atoms with Crippen LogP contribution in [0.15, 0.2) is 12.7 Å². The second-order valence-corrected chi connectivity index (χ2v) is 7.47. The topological polar surface area (TPSA) is 94.1 Å². The fourth-order valence-electron chi connectivity index (χ4n) is 4.49. The van der Waals surface area contributed by atoms with Crippen LogP contribution in [0.2, 0.25) is 0 Å². The molecule has 3 saturated heterocycles. The quantitative estimate of drug-likeness (QED) is 0.841. The monoisotopic (exact) mass is 329 g/mol. The summed E-state index contributed by atoms with van der Waals surface area (Å²) in [7, 11) is 0. The molecule has 128 valence electrons. The molecule has 0 unspecified atom stereocenters. The van der Waals surface area contributed by atoms with E-state index in [1.54, 1.807) is 6.33 Å². The zero-order valence-electron chi connectivity index (χ0n) is 13.7. The van der Waals surface area contributed by atoms with E-state index in [9.17, 15) is 0 Å². The number of hydrogen-bond acceptors (Lipinski definition) is 7. The summed E-state index contributed by atoms with van der Waals surface area (Å²) in [4.78, 5) is 15.2. The maximum Gasteiger partial charge on any atom is 0.167 e. The zero-order valence-corrected chi connectivity index (χ0v) is 13.7. The highest BCUT2D eigenvalue weighted by Gasteiger charge is 2.45. The van der Waals surface area contributed by atoms with E-state index in [2.05, 4.69) is 25.2 Å². The Morgan fingerprint density at radius 3 is 3.04 bits per heavy atom. The molecule has 8 nitrogen and oxygen atoms in total. The van der Waals surface area contributed by atoms with Gasteiger partial charge in [0.1, 0.15) is 18.1 Å². The Morgan fingerprint density at radius 1 is 1.29 bits per heavy atom. The second kappa shape index (κ2) is 5.37. The van der Waals surface area contributed by atoms with Crippen LogP contribution in [0.5, 0.6) is 0 Å². The highest BCUT2D eigenvalue weighted by molar-refractivity contribution is 5.81. The van der Waals surface area contributed by atoms with Crippen molar-refractivity contribution in [1.82, 2.24) is 29.7 Å². The van der Waals surface area contributed by atoms with Crippen LogP contribution >= 0.6 is 0 Å². The number of nitrogens with zero attached hydrogens (tertiary/aromatic N) is 5. The van der Waals surface area contributed by atoms with Crippen LogP contribution in [-0.4, -0.2) is 63.2 Å². The van der Waals surface area contributed by atoms with Crippen molar-refractivity contribution in [3.63, 3.8) is 0 Å². The number of imidazole rings is 1. The third kappa shape index (κ3) is 2.28. The molecular weight excluding hydrogens is 306 g/mol. The van der Waals surface area contributed by atoms with Gasteiger partial charge in [0.25, 0.3) is 0 Å². The minimum Gasteiger partial charge on any atom is -0.382 e. The predicted molar refractivity (Wildman–Crippen MR) is 89.2 cm³/mol. The van der Waals surface area contributed by atoms with E-state index in [0.29, 0.717) is 22.9 Å². The van der Waals surface area contributed by atoms with Crippen LogP contribution in [-0.2, 0) is 4.74 Å². The van der Waals surface area contributed by atoms with E-state index in [-0.39, 0.29) is 6.23 Å². The van der Waals surface area contributed by atoms with Gasteiger partial charge in [0, 0.05) is 31.6 Å². The van der Waals surface area contributed by atoms with Crippen molar-refractivity contribution < 1.29 is 4.74 Å². The maximum absolute atomic E-state index is 6.28. The highest BCUT2D eigenvalue weighted by atomic mass is 16.5. The van der Waals surface area contributed by atoms with Gasteiger partial charge in [-0.15, -0.1) is 0 Å². The fourth-order valence-corrected chi connectivity index (χ4v) is 4.49. The van der Waals surface area contributed by atoms with Crippen LogP contribution in [0.25, 0.3) is 11.2 Å². The van der Waals surface area contributed by atoms with Gasteiger partial charge in [0.15, 0.2) is 11.5 Å². The number of rotatable bonds is 3. The van der Waals surface area contributed by atoms with Crippen LogP contribution in [0, 0.1) is 5.41 Å². The number of hydrogen-bond donors (Lipinski definition) is 2. The summed E-state index contributed by atoms with van der Waals surface area (Å²) in [5.41, 5.74) is 7.83. The maximum atomic E-state index is 6.28. The summed E-state index contributed by atoms with van der Waals surface area (Å²) >= 11 is 0. The molecular formula is C16H23N7O. The van der Waals surface area contributed by atoms with E-state index < -0.39 is 0 Å². The molecule has 3 fully saturated rings. The lowest BCUT2D eigenvalue weighted by Gasteiger charge is -2.48. The molecule has 8 heteroatoms. The Morgan fingerprint density at radius 2 is 2.21 bits per heavy atom. The van der Waals surface area contributed by atoms with E-state index in [1.165, 1.54) is 38.9 Å². The first-order chi connectivity index (χ1) is 11.7. The number of ether oxygens (including phenoxy) is 1. The molecule has 24 heavy (non-hydrogen) atoms. The zero-order chi connectivity index (χ0) is 16.1. The van der Waals surface area contributed by atoms with Gasteiger partial charge < -0.3 is 15.8 Å². The lowest BCUT2D eigenvalue weighted by molar-refractivity contribution is -0.0523. The SMILES string of the molecule is Nc1ncnc2c1ncn2[C@H]1CC[C@@H](CN2CC3(CCNC3)C2)O1. The molecule has 3 aliphatic rings. The smallest absolute Gasteiger partial charge is 0.167 e. The molecule has 0 aliphatic carbocycles. The fraction of sp³-hybridized carbons (Fsp3) is 0.688. The second-order valence-electron chi connectivity index (χ2n) is 7.47. The van der Waals surface area contributed by atoms with Crippen LogP contribution in [0.3, 0.4) is 0 Å². The molecule has 3 N–H and O–H groups in total. The summed E-state index contributed by atoms with van der Waals surface area (Å²) in [6.45, 7) is 5.81. The Labute approximate surface area is 140 Å². The predicted octanol–water partition coefficient (Wildman–Crippen LogP) is 0.381. The largest absolute Gasteiger partial charge is 0.382 e. The average Bonchev–Trinajstić information content (AvgIpc) is 3.25. The van der Waals surface area contributed by atoms with Crippen molar-refractivity contribution in [1.29, 1.82) is 0 Å². The third-order valence-corrected chi connectivity index (χ3v) is 5.69. The Bertz CT molecular complexity index is 746. The minimum absolute atomic E-state index is 0.00214. The van der Waals surface area contributed by atoms with Crippen LogP contribution < -0.4 is 11.1 Å². The summed E-state index contributed by atoms with van der Waals surface area (Å²) in [5, 5.41) is 3.49. The van der Waals surface area contributed by atoms with Crippen LogP contribution in [0.1, 0.15) is 25.5 Å². The molecule has 0 bridgehead atoms. The molecule has 2 aromatic heterocycles. The summed E-state index contributed by atoms with van der Waals surface area (Å²) in [6.07, 6.45) is 6.92. The molecule has 1 spiro atoms. The Hall–Kier alpha value is -1.77. The highest BCUT2D eigenvalue weighted by Crippen LogP contribution is 2.38. The van der Waals surface area contributed by atoms with E-state index in [1.807, 2.05) is 4.57 Å². The van der Waals surface area contributed by atoms with E-state index >= 15 is 0 Å². The van der Waals surface area contributed by atoms with Crippen molar-refractivity contribution in [3.05, 3.63) is 12.7 Å². The first kappa shape index (κ1) is 14.6. The molecule has 0 radical (unpaired) electrons. The molecule has 5 heterocycles. The van der Waals surface area contributed by atoms with Crippen molar-refractivity contribution in [2.45, 2.75) is 31.6 Å². The van der Waals surface area contributed by atoms with Gasteiger partial charge in [-0.25, -0.2) is 15.0 Å². The van der Waals surface area contributed by atoms with Gasteiger partial charge in [-0.1, -0.05) is 0 Å². The standard InChI is InChI=1S/C16H23N7O/c17-14-13-15(20-9-19-14)23(10-21-13)12-2-1-11(24-12)5-22-7-16(8-22)3-4-18-6-16/h9-12,18H,1-8H2,(H2,17,19,20)/t11-,12+/m0/s1. The summed E-state index contributed by atoms with van der Waals surface area (Å²) < 4.78 is 8.27. The molecule has 0 amide bonds. The third-order valence-electron chi connectivity index (χ3n) is 5.69. The Kier molecular flexibility index (Phi) is 3.26. The molecule has 0 saturated carbocycles. The molecule has 2 atom stereocenters. The van der Waals surface area contributed by atoms with Crippen molar-refractivity contribution in [2.75, 3.05) is 38.5 Å². The average molecular weight is 329 g/mol. The molecule has 0 aromatic carbocycles. The minimum atomic E-state index is -0.00214. The van der Waals surface area contributed by atoms with Gasteiger partial charge in [-0.05, 0) is 25.8 Å². The van der Waals surface area contributed by atoms with Gasteiger partial charge in [-0.3, -0.25) is 9.47 Å². The number of likely N-dealkylation sites (tertiary alicyclic amines) is 1. The molecule has 2 aromatic rings.